The third-order valence-corrected chi connectivity index (χ3v) is 8.20. The Morgan fingerprint density at radius 3 is 2.50 bits per heavy atom. The Kier molecular flexibility index (Phi) is 7.32. The van der Waals surface area contributed by atoms with Crippen LogP contribution in [-0.2, 0) is 19.9 Å². The summed E-state index contributed by atoms with van der Waals surface area (Å²) < 4.78 is 51.0. The van der Waals surface area contributed by atoms with Crippen LogP contribution in [0, 0.1) is 0 Å². The lowest BCUT2D eigenvalue weighted by Gasteiger charge is -2.13. The van der Waals surface area contributed by atoms with Crippen molar-refractivity contribution in [2.45, 2.75) is 30.7 Å². The van der Waals surface area contributed by atoms with E-state index in [1.54, 1.807) is 24.3 Å². The Bertz CT molecular complexity index is 1230. The van der Waals surface area contributed by atoms with Crippen molar-refractivity contribution in [3.8, 4) is 0 Å². The van der Waals surface area contributed by atoms with Crippen LogP contribution < -0.4 is 15.4 Å². The van der Waals surface area contributed by atoms with Crippen LogP contribution in [0.2, 0.25) is 0 Å². The second-order valence-corrected chi connectivity index (χ2v) is 11.4. The van der Waals surface area contributed by atoms with Gasteiger partial charge < -0.3 is 10.6 Å². The fourth-order valence-electron chi connectivity index (χ4n) is 3.30. The summed E-state index contributed by atoms with van der Waals surface area (Å²) in [7, 11) is -7.26. The van der Waals surface area contributed by atoms with Gasteiger partial charge >= 0.3 is 0 Å². The molecule has 9 nitrogen and oxygen atoms in total. The fourth-order valence-corrected chi connectivity index (χ4v) is 6.39. The number of para-hydroxylation sites is 1. The van der Waals surface area contributed by atoms with Gasteiger partial charge in [-0.3, -0.25) is 9.59 Å². The number of rotatable bonds is 8. The lowest BCUT2D eigenvalue weighted by Crippen LogP contribution is -2.35. The van der Waals surface area contributed by atoms with Gasteiger partial charge in [0.15, 0.2) is 9.84 Å². The Morgan fingerprint density at radius 2 is 1.81 bits per heavy atom. The van der Waals surface area contributed by atoms with Gasteiger partial charge in [0.1, 0.15) is 0 Å². The number of hydrogen-bond acceptors (Lipinski definition) is 6. The summed E-state index contributed by atoms with van der Waals surface area (Å²) in [5.74, 6) is -1.21. The monoisotopic (exact) mass is 479 g/mol. The molecule has 3 rings (SSSR count). The number of hydrogen-bond donors (Lipinski definition) is 3. The summed E-state index contributed by atoms with van der Waals surface area (Å²) in [6.45, 7) is 2.42. The second-order valence-electron chi connectivity index (χ2n) is 7.50. The molecule has 2 amide bonds. The van der Waals surface area contributed by atoms with Crippen LogP contribution in [0.3, 0.4) is 0 Å². The van der Waals surface area contributed by atoms with E-state index in [1.807, 2.05) is 6.92 Å². The molecule has 1 unspecified atom stereocenters. The largest absolute Gasteiger partial charge is 0.352 e. The minimum Gasteiger partial charge on any atom is -0.352 e. The molecule has 172 valence electrons. The molecule has 32 heavy (non-hydrogen) atoms. The minimum atomic E-state index is -4.01. The molecule has 3 N–H and O–H groups in total. The quantitative estimate of drug-likeness (QED) is 0.525. The summed E-state index contributed by atoms with van der Waals surface area (Å²) in [5, 5.41) is 5.40. The van der Waals surface area contributed by atoms with Gasteiger partial charge in [0, 0.05) is 18.2 Å². The Hall–Kier alpha value is -2.76. The van der Waals surface area contributed by atoms with Crippen molar-refractivity contribution in [3.05, 3.63) is 59.7 Å². The summed E-state index contributed by atoms with van der Waals surface area (Å²) >= 11 is 0. The molecule has 2 aromatic rings. The third kappa shape index (κ3) is 5.93. The molecule has 1 heterocycles. The van der Waals surface area contributed by atoms with Crippen molar-refractivity contribution in [2.24, 2.45) is 0 Å². The fraction of sp³-hybridized carbons (Fsp3) is 0.333. The van der Waals surface area contributed by atoms with E-state index in [0.717, 1.165) is 6.42 Å². The molecule has 0 saturated carbocycles. The number of carbonyl (C=O) groups is 2. The van der Waals surface area contributed by atoms with Crippen molar-refractivity contribution in [2.75, 3.05) is 23.4 Å². The van der Waals surface area contributed by atoms with Gasteiger partial charge in [-0.15, -0.1) is 0 Å². The van der Waals surface area contributed by atoms with Crippen molar-refractivity contribution >= 4 is 37.4 Å². The molecule has 11 heteroatoms. The highest BCUT2D eigenvalue weighted by molar-refractivity contribution is 7.92. The molecule has 0 radical (unpaired) electrons. The minimum absolute atomic E-state index is 0.0616. The molecular formula is C21H25N3O6S2. The van der Waals surface area contributed by atoms with Gasteiger partial charge in [0.05, 0.1) is 27.7 Å². The Labute approximate surface area is 187 Å². The van der Waals surface area contributed by atoms with Crippen LogP contribution in [0.1, 0.15) is 40.5 Å². The van der Waals surface area contributed by atoms with Crippen molar-refractivity contribution in [3.63, 3.8) is 0 Å². The first-order valence-corrected chi connectivity index (χ1v) is 13.4. The molecule has 0 aliphatic carbocycles. The summed E-state index contributed by atoms with van der Waals surface area (Å²) in [4.78, 5) is 25.0. The van der Waals surface area contributed by atoms with Crippen LogP contribution in [0.25, 0.3) is 0 Å². The van der Waals surface area contributed by atoms with Crippen LogP contribution in [0.15, 0.2) is 53.4 Å². The molecule has 0 aromatic heterocycles. The third-order valence-electron chi connectivity index (χ3n) is 4.92. The highest BCUT2D eigenvalue weighted by Gasteiger charge is 2.31. The van der Waals surface area contributed by atoms with Crippen LogP contribution in [-0.4, -0.2) is 52.7 Å². The molecule has 1 atom stereocenters. The van der Waals surface area contributed by atoms with Gasteiger partial charge in [-0.2, -0.15) is 0 Å². The molecule has 0 spiro atoms. The zero-order valence-electron chi connectivity index (χ0n) is 17.5. The Balaban J connectivity index is 1.77. The molecule has 1 aliphatic rings. The molecule has 1 fully saturated rings. The summed E-state index contributed by atoms with van der Waals surface area (Å²) in [6.07, 6.45) is 0.973. The highest BCUT2D eigenvalue weighted by Crippen LogP contribution is 2.19. The zero-order valence-corrected chi connectivity index (χ0v) is 19.1. The van der Waals surface area contributed by atoms with Gasteiger partial charge in [-0.05, 0) is 43.2 Å². The van der Waals surface area contributed by atoms with E-state index >= 15 is 0 Å². The number of amides is 2. The first kappa shape index (κ1) is 23.9. The smallest absolute Gasteiger partial charge is 0.255 e. The zero-order chi connectivity index (χ0) is 23.4. The van der Waals surface area contributed by atoms with Crippen molar-refractivity contribution in [1.29, 1.82) is 0 Å². The first-order valence-electron chi connectivity index (χ1n) is 10.1. The lowest BCUT2D eigenvalue weighted by atomic mass is 10.1. The number of sulfonamides is 1. The topological polar surface area (TPSA) is 139 Å². The van der Waals surface area contributed by atoms with E-state index in [-0.39, 0.29) is 34.3 Å². The number of carbonyl (C=O) groups excluding carboxylic acids is 2. The second kappa shape index (κ2) is 9.80. The van der Waals surface area contributed by atoms with E-state index in [0.29, 0.717) is 17.8 Å². The predicted molar refractivity (Wildman–Crippen MR) is 121 cm³/mol. The SMILES string of the molecule is CCCNC(=O)c1ccccc1NC(=O)c1cccc(S(=O)(=O)NC2CCS(=O)(=O)C2)c1. The van der Waals surface area contributed by atoms with Gasteiger partial charge in [-0.1, -0.05) is 25.1 Å². The first-order chi connectivity index (χ1) is 15.1. The number of sulfone groups is 1. The number of anilines is 1. The van der Waals surface area contributed by atoms with E-state index in [9.17, 15) is 26.4 Å². The van der Waals surface area contributed by atoms with Gasteiger partial charge in [0.2, 0.25) is 10.0 Å². The summed E-state index contributed by atoms with van der Waals surface area (Å²) in [6, 6.07) is 11.2. The summed E-state index contributed by atoms with van der Waals surface area (Å²) in [5.41, 5.74) is 0.673. The maximum absolute atomic E-state index is 12.8. The average Bonchev–Trinajstić information content (AvgIpc) is 3.09. The van der Waals surface area contributed by atoms with Crippen molar-refractivity contribution < 1.29 is 26.4 Å². The van der Waals surface area contributed by atoms with Crippen molar-refractivity contribution in [1.82, 2.24) is 10.0 Å². The maximum Gasteiger partial charge on any atom is 0.255 e. The number of nitrogens with one attached hydrogen (secondary N) is 3. The highest BCUT2D eigenvalue weighted by atomic mass is 32.2. The lowest BCUT2D eigenvalue weighted by molar-refractivity contribution is 0.0954. The molecule has 2 aromatic carbocycles. The van der Waals surface area contributed by atoms with Crippen LogP contribution in [0.4, 0.5) is 5.69 Å². The standard InChI is InChI=1S/C21H25N3O6S2/c1-2-11-22-21(26)18-8-3-4-9-19(18)23-20(25)15-6-5-7-17(13-15)32(29,30)24-16-10-12-31(27,28)14-16/h3-9,13,16,24H,2,10-12,14H2,1H3,(H,22,26)(H,23,25). The number of benzene rings is 2. The van der Waals surface area contributed by atoms with E-state index < -0.39 is 31.8 Å². The van der Waals surface area contributed by atoms with Gasteiger partial charge in [-0.25, -0.2) is 21.6 Å². The molecule has 0 bridgehead atoms. The van der Waals surface area contributed by atoms with E-state index in [2.05, 4.69) is 15.4 Å². The molecular weight excluding hydrogens is 454 g/mol. The Morgan fingerprint density at radius 1 is 1.06 bits per heavy atom. The van der Waals surface area contributed by atoms with E-state index in [4.69, 9.17) is 0 Å². The molecule has 1 saturated heterocycles. The maximum atomic E-state index is 12.8. The normalized spacial score (nSPS) is 17.6. The van der Waals surface area contributed by atoms with E-state index in [1.165, 1.54) is 24.3 Å². The van der Waals surface area contributed by atoms with Crippen LogP contribution >= 0.6 is 0 Å². The van der Waals surface area contributed by atoms with Crippen LogP contribution in [0.5, 0.6) is 0 Å². The average molecular weight is 480 g/mol. The predicted octanol–water partition coefficient (Wildman–Crippen LogP) is 1.54. The molecule has 1 aliphatic heterocycles. The van der Waals surface area contributed by atoms with Gasteiger partial charge in [0.25, 0.3) is 11.8 Å².